The number of aromatic nitrogens is 1. The first-order valence-corrected chi connectivity index (χ1v) is 6.79. The van der Waals surface area contributed by atoms with Crippen molar-refractivity contribution in [1.82, 2.24) is 4.98 Å². The molecule has 0 atom stereocenters. The van der Waals surface area contributed by atoms with Gasteiger partial charge < -0.3 is 5.11 Å². The van der Waals surface area contributed by atoms with E-state index in [4.69, 9.17) is 5.11 Å². The van der Waals surface area contributed by atoms with Crippen LogP contribution in [0.25, 0.3) is 0 Å². The summed E-state index contributed by atoms with van der Waals surface area (Å²) in [4.78, 5) is 28.3. The maximum atomic E-state index is 12.2. The molecule has 2 N–H and O–H groups in total. The molecule has 2 aromatic rings. The normalized spacial score (nSPS) is 10.0. The third-order valence-corrected chi connectivity index (χ3v) is 3.20. The van der Waals surface area contributed by atoms with Crippen LogP contribution in [0, 0.1) is 0 Å². The summed E-state index contributed by atoms with van der Waals surface area (Å²) < 4.78 is 0. The van der Waals surface area contributed by atoms with Crippen molar-refractivity contribution in [3.8, 4) is 0 Å². The monoisotopic (exact) mass is 291 g/mol. The fourth-order valence-corrected chi connectivity index (χ4v) is 2.13. The Labute approximate surface area is 119 Å². The largest absolute Gasteiger partial charge is 0.481 e. The van der Waals surface area contributed by atoms with Gasteiger partial charge in [0.05, 0.1) is 6.42 Å². The molecule has 0 bridgehead atoms. The number of hydrogen-bond donors (Lipinski definition) is 2. The van der Waals surface area contributed by atoms with Crippen LogP contribution in [0.2, 0.25) is 0 Å². The minimum atomic E-state index is -0.951. The van der Waals surface area contributed by atoms with Crippen LogP contribution in [0.1, 0.15) is 6.42 Å². The second kappa shape index (κ2) is 6.67. The lowest BCUT2D eigenvalue weighted by atomic mass is 10.3. The highest BCUT2D eigenvalue weighted by Gasteiger charge is 2.17. The number of nitrogens with zero attached hydrogens (tertiary/aromatic N) is 2. The van der Waals surface area contributed by atoms with Gasteiger partial charge in [0.25, 0.3) is 0 Å². The number of nitrogens with one attached hydrogen (secondary N) is 1. The summed E-state index contributed by atoms with van der Waals surface area (Å²) in [5.41, 5.74) is 0.641. The van der Waals surface area contributed by atoms with Crippen molar-refractivity contribution in [3.05, 3.63) is 41.9 Å². The Hall–Kier alpha value is -2.41. The molecule has 1 aromatic carbocycles. The fraction of sp³-hybridized carbons (Fsp3) is 0.154. The van der Waals surface area contributed by atoms with E-state index in [-0.39, 0.29) is 13.0 Å². The van der Waals surface area contributed by atoms with E-state index in [0.717, 1.165) is 0 Å². The van der Waals surface area contributed by atoms with Crippen LogP contribution in [-0.2, 0) is 4.79 Å². The number of carboxylic acids is 1. The average Bonchev–Trinajstić information content (AvgIpc) is 2.92. The van der Waals surface area contributed by atoms with Crippen molar-refractivity contribution in [3.63, 3.8) is 0 Å². The lowest BCUT2D eigenvalue weighted by Gasteiger charge is -2.21. The minimum absolute atomic E-state index is 0.0938. The molecular weight excluding hydrogens is 278 g/mol. The van der Waals surface area contributed by atoms with Gasteiger partial charge in [-0.05, 0) is 12.1 Å². The highest BCUT2D eigenvalue weighted by atomic mass is 32.1. The van der Waals surface area contributed by atoms with Gasteiger partial charge >= 0.3 is 12.0 Å². The minimum Gasteiger partial charge on any atom is -0.481 e. The van der Waals surface area contributed by atoms with E-state index in [2.05, 4.69) is 10.3 Å². The van der Waals surface area contributed by atoms with Crippen LogP contribution in [0.15, 0.2) is 41.9 Å². The van der Waals surface area contributed by atoms with Crippen molar-refractivity contribution in [2.45, 2.75) is 6.42 Å². The van der Waals surface area contributed by atoms with Gasteiger partial charge in [0, 0.05) is 23.8 Å². The molecule has 0 aliphatic heterocycles. The van der Waals surface area contributed by atoms with Crippen LogP contribution in [0.5, 0.6) is 0 Å². The quantitative estimate of drug-likeness (QED) is 0.887. The molecule has 2 amide bonds. The zero-order chi connectivity index (χ0) is 14.4. The molecule has 7 heteroatoms. The van der Waals surface area contributed by atoms with E-state index in [1.165, 1.54) is 16.2 Å². The summed E-state index contributed by atoms with van der Waals surface area (Å²) in [6.45, 7) is 0.0938. The number of thiazole rings is 1. The van der Waals surface area contributed by atoms with E-state index in [9.17, 15) is 9.59 Å². The molecule has 104 valence electrons. The Bertz CT molecular complexity index is 572. The van der Waals surface area contributed by atoms with Crippen molar-refractivity contribution in [2.24, 2.45) is 0 Å². The summed E-state index contributed by atoms with van der Waals surface area (Å²) in [6.07, 6.45) is 1.46. The second-order valence-corrected chi connectivity index (χ2v) is 4.79. The van der Waals surface area contributed by atoms with E-state index in [1.807, 2.05) is 6.07 Å². The summed E-state index contributed by atoms with van der Waals surface area (Å²) in [7, 11) is 0. The molecule has 0 spiro atoms. The van der Waals surface area contributed by atoms with Gasteiger partial charge in [-0.25, -0.2) is 9.78 Å². The Morgan fingerprint density at radius 3 is 2.65 bits per heavy atom. The van der Waals surface area contributed by atoms with Gasteiger partial charge in [-0.15, -0.1) is 11.3 Å². The highest BCUT2D eigenvalue weighted by Crippen LogP contribution is 2.17. The lowest BCUT2D eigenvalue weighted by Crippen LogP contribution is -2.36. The van der Waals surface area contributed by atoms with E-state index in [0.29, 0.717) is 10.8 Å². The molecule has 0 fully saturated rings. The molecule has 0 aliphatic rings. The first-order chi connectivity index (χ1) is 9.66. The van der Waals surface area contributed by atoms with Crippen LogP contribution in [0.4, 0.5) is 15.6 Å². The third-order valence-electron chi connectivity index (χ3n) is 2.51. The number of carboxylic acid groups (broad SMARTS) is 1. The summed E-state index contributed by atoms with van der Waals surface area (Å²) >= 11 is 1.30. The predicted octanol–water partition coefficient (Wildman–Crippen LogP) is 2.66. The number of aliphatic carboxylic acids is 1. The van der Waals surface area contributed by atoms with E-state index in [1.54, 1.807) is 35.8 Å². The molecule has 6 nitrogen and oxygen atoms in total. The molecule has 0 aliphatic carbocycles. The van der Waals surface area contributed by atoms with Crippen molar-refractivity contribution < 1.29 is 14.7 Å². The Balaban J connectivity index is 2.13. The molecule has 0 radical (unpaired) electrons. The number of carbonyl (C=O) groups excluding carboxylic acids is 1. The highest BCUT2D eigenvalue weighted by molar-refractivity contribution is 7.13. The Morgan fingerprint density at radius 1 is 1.30 bits per heavy atom. The molecular formula is C13H13N3O3S. The molecule has 0 saturated heterocycles. The van der Waals surface area contributed by atoms with Crippen LogP contribution in [0.3, 0.4) is 0 Å². The summed E-state index contributed by atoms with van der Waals surface area (Å²) in [6, 6.07) is 8.52. The van der Waals surface area contributed by atoms with E-state index < -0.39 is 12.0 Å². The van der Waals surface area contributed by atoms with Crippen molar-refractivity contribution >= 4 is 34.2 Å². The van der Waals surface area contributed by atoms with Crippen molar-refractivity contribution in [2.75, 3.05) is 16.8 Å². The van der Waals surface area contributed by atoms with Gasteiger partial charge in [0.1, 0.15) is 0 Å². The zero-order valence-electron chi connectivity index (χ0n) is 10.5. The topological polar surface area (TPSA) is 82.5 Å². The molecule has 1 heterocycles. The molecule has 0 unspecified atom stereocenters. The van der Waals surface area contributed by atoms with E-state index >= 15 is 0 Å². The number of urea groups is 1. The number of benzene rings is 1. The van der Waals surface area contributed by atoms with Gasteiger partial charge in [-0.3, -0.25) is 15.0 Å². The predicted molar refractivity (Wildman–Crippen MR) is 77.2 cm³/mol. The average molecular weight is 291 g/mol. The maximum absolute atomic E-state index is 12.2. The number of para-hydroxylation sites is 1. The third kappa shape index (κ3) is 3.79. The smallest absolute Gasteiger partial charge is 0.328 e. The first-order valence-electron chi connectivity index (χ1n) is 5.91. The standard InChI is InChI=1S/C13H13N3O3S/c17-11(18)6-8-16(10-4-2-1-3-5-10)13(19)15-12-14-7-9-20-12/h1-5,7,9H,6,8H2,(H,17,18)(H,14,15,19). The first kappa shape index (κ1) is 14.0. The number of rotatable bonds is 5. The Morgan fingerprint density at radius 2 is 2.05 bits per heavy atom. The summed E-state index contributed by atoms with van der Waals surface area (Å²) in [5, 5.41) is 13.7. The number of carbonyl (C=O) groups is 2. The maximum Gasteiger partial charge on any atom is 0.328 e. The number of amides is 2. The zero-order valence-corrected chi connectivity index (χ0v) is 11.3. The number of anilines is 2. The van der Waals surface area contributed by atoms with Gasteiger partial charge in [-0.1, -0.05) is 18.2 Å². The number of hydrogen-bond acceptors (Lipinski definition) is 4. The van der Waals surface area contributed by atoms with Gasteiger partial charge in [0.15, 0.2) is 5.13 Å². The molecule has 20 heavy (non-hydrogen) atoms. The molecule has 0 saturated carbocycles. The summed E-state index contributed by atoms with van der Waals surface area (Å²) in [5.74, 6) is -0.951. The lowest BCUT2D eigenvalue weighted by molar-refractivity contribution is -0.136. The Kier molecular flexibility index (Phi) is 4.67. The molecule has 1 aromatic heterocycles. The van der Waals surface area contributed by atoms with Crippen LogP contribution >= 0.6 is 11.3 Å². The second-order valence-electron chi connectivity index (χ2n) is 3.90. The SMILES string of the molecule is O=C(O)CCN(C(=O)Nc1nccs1)c1ccccc1. The fourth-order valence-electron chi connectivity index (χ4n) is 1.61. The van der Waals surface area contributed by atoms with Crippen LogP contribution < -0.4 is 10.2 Å². The van der Waals surface area contributed by atoms with Crippen LogP contribution in [-0.4, -0.2) is 28.6 Å². The van der Waals surface area contributed by atoms with Crippen molar-refractivity contribution in [1.29, 1.82) is 0 Å². The molecule has 2 rings (SSSR count). The van der Waals surface area contributed by atoms with Gasteiger partial charge in [0.2, 0.25) is 0 Å². The van der Waals surface area contributed by atoms with Gasteiger partial charge in [-0.2, -0.15) is 0 Å².